The van der Waals surface area contributed by atoms with E-state index in [0.717, 1.165) is 5.56 Å². The van der Waals surface area contributed by atoms with Crippen LogP contribution < -0.4 is 5.32 Å². The molecule has 0 aliphatic rings. The van der Waals surface area contributed by atoms with Crippen LogP contribution in [0.2, 0.25) is 10.0 Å². The highest BCUT2D eigenvalue weighted by molar-refractivity contribution is 6.31. The van der Waals surface area contributed by atoms with Crippen molar-refractivity contribution < 1.29 is 14.0 Å². The first-order valence-electron chi connectivity index (χ1n) is 8.96. The van der Waals surface area contributed by atoms with Crippen LogP contribution in [0.25, 0.3) is 0 Å². The van der Waals surface area contributed by atoms with Gasteiger partial charge in [-0.1, -0.05) is 41.4 Å². The van der Waals surface area contributed by atoms with Crippen LogP contribution in [0.15, 0.2) is 42.5 Å². The van der Waals surface area contributed by atoms with E-state index in [1.54, 1.807) is 25.1 Å². The van der Waals surface area contributed by atoms with Crippen molar-refractivity contribution in [1.29, 1.82) is 0 Å². The number of benzene rings is 2. The second-order valence-corrected chi connectivity index (χ2v) is 7.71. The third kappa shape index (κ3) is 5.94. The average Bonchev–Trinajstić information content (AvgIpc) is 2.61. The van der Waals surface area contributed by atoms with Crippen molar-refractivity contribution in [2.24, 2.45) is 0 Å². The highest BCUT2D eigenvalue weighted by Crippen LogP contribution is 2.22. The molecule has 0 unspecified atom stereocenters. The molecule has 0 radical (unpaired) electrons. The molecule has 1 atom stereocenters. The van der Waals surface area contributed by atoms with Gasteiger partial charge in [-0.3, -0.25) is 9.59 Å². The summed E-state index contributed by atoms with van der Waals surface area (Å²) in [7, 11) is 0. The summed E-state index contributed by atoms with van der Waals surface area (Å²) >= 11 is 12.1. The van der Waals surface area contributed by atoms with Crippen LogP contribution in [0.1, 0.15) is 31.9 Å². The van der Waals surface area contributed by atoms with E-state index in [2.05, 4.69) is 5.32 Å². The maximum absolute atomic E-state index is 14.1. The largest absolute Gasteiger partial charge is 0.352 e. The lowest BCUT2D eigenvalue weighted by atomic mass is 10.1. The second-order valence-electron chi connectivity index (χ2n) is 6.87. The molecular weight excluding hydrogens is 402 g/mol. The van der Waals surface area contributed by atoms with E-state index in [4.69, 9.17) is 23.2 Å². The fourth-order valence-corrected chi connectivity index (χ4v) is 3.22. The lowest BCUT2D eigenvalue weighted by Gasteiger charge is -2.29. The molecule has 2 amide bonds. The number of amides is 2. The van der Waals surface area contributed by atoms with Gasteiger partial charge in [-0.15, -0.1) is 0 Å². The van der Waals surface area contributed by atoms with E-state index in [0.29, 0.717) is 5.02 Å². The first-order valence-corrected chi connectivity index (χ1v) is 9.71. The third-order valence-electron chi connectivity index (χ3n) is 4.23. The molecule has 0 aliphatic heterocycles. The molecular formula is C21H23Cl2FN2O2. The smallest absolute Gasteiger partial charge is 0.242 e. The number of carbonyl (C=O) groups excluding carboxylic acids is 2. The molecule has 0 aliphatic carbocycles. The van der Waals surface area contributed by atoms with E-state index in [9.17, 15) is 14.0 Å². The van der Waals surface area contributed by atoms with Crippen molar-refractivity contribution in [1.82, 2.24) is 10.2 Å². The number of hydrogen-bond acceptors (Lipinski definition) is 2. The molecule has 0 aromatic heterocycles. The van der Waals surface area contributed by atoms with Crippen LogP contribution >= 0.6 is 23.2 Å². The lowest BCUT2D eigenvalue weighted by molar-refractivity contribution is -0.140. The van der Waals surface area contributed by atoms with Crippen molar-refractivity contribution in [3.8, 4) is 0 Å². The number of carbonyl (C=O) groups is 2. The summed E-state index contributed by atoms with van der Waals surface area (Å²) in [5.74, 6) is -1.24. The Morgan fingerprint density at radius 1 is 1.11 bits per heavy atom. The summed E-state index contributed by atoms with van der Waals surface area (Å²) in [6.07, 6.45) is -0.245. The fraction of sp³-hybridized carbons (Fsp3) is 0.333. The van der Waals surface area contributed by atoms with Crippen LogP contribution in [0.3, 0.4) is 0 Å². The second kappa shape index (κ2) is 9.89. The van der Waals surface area contributed by atoms with E-state index in [1.807, 2.05) is 19.9 Å². The normalized spacial score (nSPS) is 12.0. The van der Waals surface area contributed by atoms with Gasteiger partial charge >= 0.3 is 0 Å². The maximum Gasteiger partial charge on any atom is 0.242 e. The zero-order valence-corrected chi connectivity index (χ0v) is 17.5. The molecule has 0 saturated heterocycles. The zero-order valence-electron chi connectivity index (χ0n) is 16.0. The third-order valence-corrected chi connectivity index (χ3v) is 4.82. The summed E-state index contributed by atoms with van der Waals surface area (Å²) < 4.78 is 14.1. The minimum absolute atomic E-state index is 0.0703. The lowest BCUT2D eigenvalue weighted by Crippen LogP contribution is -2.49. The highest BCUT2D eigenvalue weighted by atomic mass is 35.5. The molecule has 0 saturated carbocycles. The van der Waals surface area contributed by atoms with E-state index < -0.39 is 17.8 Å². The molecule has 7 heteroatoms. The molecule has 2 aromatic carbocycles. The van der Waals surface area contributed by atoms with Crippen molar-refractivity contribution in [3.63, 3.8) is 0 Å². The first-order chi connectivity index (χ1) is 13.2. The van der Waals surface area contributed by atoms with Gasteiger partial charge in [0.2, 0.25) is 11.8 Å². The van der Waals surface area contributed by atoms with Gasteiger partial charge in [0, 0.05) is 28.2 Å². The molecule has 150 valence electrons. The average molecular weight is 425 g/mol. The molecule has 0 heterocycles. The Morgan fingerprint density at radius 3 is 2.39 bits per heavy atom. The SMILES string of the molecule is CC(C)NC(=O)[C@H](C)N(Cc1cccc(Cl)c1)C(=O)Cc1c(F)cccc1Cl. The van der Waals surface area contributed by atoms with Crippen LogP contribution in [-0.2, 0) is 22.6 Å². The van der Waals surface area contributed by atoms with Crippen LogP contribution in [0, 0.1) is 5.82 Å². The number of nitrogens with one attached hydrogen (secondary N) is 1. The summed E-state index contributed by atoms with van der Waals surface area (Å²) in [4.78, 5) is 26.9. The van der Waals surface area contributed by atoms with Crippen molar-refractivity contribution in [3.05, 3.63) is 69.5 Å². The van der Waals surface area contributed by atoms with Crippen LogP contribution in [0.5, 0.6) is 0 Å². The van der Waals surface area contributed by atoms with Gasteiger partial charge in [0.25, 0.3) is 0 Å². The number of halogens is 3. The number of nitrogens with zero attached hydrogens (tertiary/aromatic N) is 1. The highest BCUT2D eigenvalue weighted by Gasteiger charge is 2.27. The number of rotatable bonds is 7. The van der Waals surface area contributed by atoms with Gasteiger partial charge in [0.1, 0.15) is 11.9 Å². The van der Waals surface area contributed by atoms with Crippen molar-refractivity contribution in [2.75, 3.05) is 0 Å². The van der Waals surface area contributed by atoms with Gasteiger partial charge in [0.05, 0.1) is 6.42 Å². The van der Waals surface area contributed by atoms with Gasteiger partial charge in [-0.05, 0) is 50.6 Å². The monoisotopic (exact) mass is 424 g/mol. The molecule has 2 rings (SSSR count). The minimum atomic E-state index is -0.751. The maximum atomic E-state index is 14.1. The van der Waals surface area contributed by atoms with Crippen LogP contribution in [-0.4, -0.2) is 28.8 Å². The zero-order chi connectivity index (χ0) is 20.8. The first kappa shape index (κ1) is 22.2. The predicted molar refractivity (Wildman–Crippen MR) is 110 cm³/mol. The summed E-state index contributed by atoms with van der Waals surface area (Å²) in [6.45, 7) is 5.49. The standard InChI is InChI=1S/C21H23Cl2FN2O2/c1-13(2)25-21(28)14(3)26(12-15-6-4-7-16(22)10-15)20(27)11-17-18(23)8-5-9-19(17)24/h4-10,13-14H,11-12H2,1-3H3,(H,25,28)/t14-/m0/s1. The minimum Gasteiger partial charge on any atom is -0.352 e. The van der Waals surface area contributed by atoms with Gasteiger partial charge in [-0.25, -0.2) is 4.39 Å². The Kier molecular flexibility index (Phi) is 7.84. The summed E-state index contributed by atoms with van der Waals surface area (Å²) in [5, 5.41) is 3.51. The Labute approximate surface area is 174 Å². The molecule has 4 nitrogen and oxygen atoms in total. The molecule has 28 heavy (non-hydrogen) atoms. The summed E-state index contributed by atoms with van der Waals surface area (Å²) in [5.41, 5.74) is 0.881. The Balaban J connectivity index is 2.30. The molecule has 0 fully saturated rings. The van der Waals surface area contributed by atoms with E-state index in [-0.39, 0.29) is 35.5 Å². The Hall–Kier alpha value is -2.11. The Bertz CT molecular complexity index is 838. The predicted octanol–water partition coefficient (Wildman–Crippen LogP) is 4.62. The molecule has 2 aromatic rings. The number of hydrogen-bond donors (Lipinski definition) is 1. The van der Waals surface area contributed by atoms with E-state index >= 15 is 0 Å². The van der Waals surface area contributed by atoms with Crippen molar-refractivity contribution in [2.45, 2.75) is 45.8 Å². The molecule has 0 bridgehead atoms. The van der Waals surface area contributed by atoms with Gasteiger partial charge in [0.15, 0.2) is 0 Å². The van der Waals surface area contributed by atoms with Crippen molar-refractivity contribution >= 4 is 35.0 Å². The van der Waals surface area contributed by atoms with Gasteiger partial charge < -0.3 is 10.2 Å². The van der Waals surface area contributed by atoms with E-state index in [1.165, 1.54) is 23.1 Å². The quantitative estimate of drug-likeness (QED) is 0.704. The summed E-state index contributed by atoms with van der Waals surface area (Å²) in [6, 6.07) is 10.5. The van der Waals surface area contributed by atoms with Gasteiger partial charge in [-0.2, -0.15) is 0 Å². The molecule has 0 spiro atoms. The fourth-order valence-electron chi connectivity index (χ4n) is 2.77. The topological polar surface area (TPSA) is 49.4 Å². The van der Waals surface area contributed by atoms with Crippen LogP contribution in [0.4, 0.5) is 4.39 Å². The molecule has 1 N–H and O–H groups in total. The Morgan fingerprint density at radius 2 is 1.79 bits per heavy atom.